The molecule has 0 atom stereocenters. The van der Waals surface area contributed by atoms with Gasteiger partial charge in [0.15, 0.2) is 0 Å². The molecular weight excluding hydrogens is 428 g/mol. The van der Waals surface area contributed by atoms with Crippen LogP contribution in [0.5, 0.6) is 0 Å². The van der Waals surface area contributed by atoms with E-state index in [2.05, 4.69) is 80.2 Å². The normalized spacial score (nSPS) is 19.3. The van der Waals surface area contributed by atoms with Crippen molar-refractivity contribution in [3.8, 4) is 11.3 Å². The third kappa shape index (κ3) is 7.22. The monoisotopic (exact) mass is 470 g/mol. The maximum atomic E-state index is 8.50. The highest BCUT2D eigenvalue weighted by Gasteiger charge is 2.37. The van der Waals surface area contributed by atoms with E-state index in [9.17, 15) is 0 Å². The lowest BCUT2D eigenvalue weighted by Crippen LogP contribution is -2.33. The number of thiazole rings is 1. The molecule has 1 aromatic carbocycles. The number of rotatable bonds is 6. The Morgan fingerprint density at radius 3 is 2.27 bits per heavy atom. The second kappa shape index (κ2) is 11.7. The molecule has 2 aromatic rings. The molecule has 0 radical (unpaired) electrons. The molecule has 0 amide bonds. The van der Waals surface area contributed by atoms with E-state index in [1.165, 1.54) is 29.5 Å². The number of aryl methyl sites for hydroxylation is 1. The van der Waals surface area contributed by atoms with Gasteiger partial charge in [-0.15, -0.1) is 11.3 Å². The number of ether oxygens (including phenoxy) is 1. The fraction of sp³-hybridized carbons (Fsp3) is 0.607. The van der Waals surface area contributed by atoms with Crippen molar-refractivity contribution in [1.29, 1.82) is 0 Å². The molecule has 1 aliphatic carbocycles. The minimum atomic E-state index is 0.127. The molecule has 0 fully saturated rings. The number of benzene rings is 1. The van der Waals surface area contributed by atoms with Crippen molar-refractivity contribution < 1.29 is 9.84 Å². The van der Waals surface area contributed by atoms with Crippen molar-refractivity contribution in [1.82, 2.24) is 9.88 Å². The summed E-state index contributed by atoms with van der Waals surface area (Å²) in [7, 11) is 0. The average molecular weight is 471 g/mol. The third-order valence-electron chi connectivity index (χ3n) is 6.95. The Labute approximate surface area is 204 Å². The molecule has 4 nitrogen and oxygen atoms in total. The van der Waals surface area contributed by atoms with E-state index in [1.807, 2.05) is 0 Å². The van der Waals surface area contributed by atoms with Crippen molar-refractivity contribution in [3.63, 3.8) is 0 Å². The summed E-state index contributed by atoms with van der Waals surface area (Å²) in [5.74, 6) is 0. The summed E-state index contributed by atoms with van der Waals surface area (Å²) in [6.45, 7) is 16.1. The van der Waals surface area contributed by atoms with E-state index in [0.717, 1.165) is 49.8 Å². The average Bonchev–Trinajstić information content (AvgIpc) is 3.06. The van der Waals surface area contributed by atoms with E-state index in [1.54, 1.807) is 11.3 Å². The number of aliphatic hydroxyl groups is 1. The van der Waals surface area contributed by atoms with E-state index in [4.69, 9.17) is 9.84 Å². The van der Waals surface area contributed by atoms with Crippen LogP contribution in [0.3, 0.4) is 0 Å². The number of nitrogens with zero attached hydrogens (tertiary/aromatic N) is 2. The first-order chi connectivity index (χ1) is 15.7. The van der Waals surface area contributed by atoms with Crippen LogP contribution in [-0.4, -0.2) is 54.4 Å². The van der Waals surface area contributed by atoms with Crippen molar-refractivity contribution in [2.24, 2.45) is 0 Å². The van der Waals surface area contributed by atoms with Gasteiger partial charge in [-0.25, -0.2) is 4.98 Å². The van der Waals surface area contributed by atoms with Crippen LogP contribution in [0.25, 0.3) is 11.3 Å². The zero-order valence-corrected chi connectivity index (χ0v) is 22.0. The van der Waals surface area contributed by atoms with Gasteiger partial charge in [0.1, 0.15) is 0 Å². The van der Waals surface area contributed by atoms with Crippen LogP contribution in [0, 0.1) is 6.92 Å². The maximum Gasteiger partial charge on any atom is 0.0901 e. The lowest BCUT2D eigenvalue weighted by atomic mass is 9.63. The van der Waals surface area contributed by atoms with Gasteiger partial charge >= 0.3 is 0 Å². The lowest BCUT2D eigenvalue weighted by molar-refractivity contribution is 0.0746. The Morgan fingerprint density at radius 2 is 1.67 bits per heavy atom. The van der Waals surface area contributed by atoms with Gasteiger partial charge in [0.2, 0.25) is 0 Å². The van der Waals surface area contributed by atoms with Crippen molar-refractivity contribution >= 4 is 11.3 Å². The first-order valence-electron chi connectivity index (χ1n) is 12.4. The predicted molar refractivity (Wildman–Crippen MR) is 140 cm³/mol. The van der Waals surface area contributed by atoms with Gasteiger partial charge in [-0.2, -0.15) is 0 Å². The molecular formula is C28H42N2O2S. The molecule has 0 saturated heterocycles. The summed E-state index contributed by atoms with van der Waals surface area (Å²) < 4.78 is 5.21. The minimum absolute atomic E-state index is 0.127. The standard InChI is InChI=1S/C18H23NS.C10H19NO2/c1-12-19-16(11-20-12)13-6-7-14-15(10-13)18(4,5)9-8-17(14,2)3;12-8-10-13-9-7-11-5-3-1-2-4-6-11/h6-7,10-11H,8-9H2,1-5H3;1-2,12H,3-10H2. The number of hydrogen-bond acceptors (Lipinski definition) is 5. The zero-order valence-electron chi connectivity index (χ0n) is 21.2. The highest BCUT2D eigenvalue weighted by molar-refractivity contribution is 7.09. The van der Waals surface area contributed by atoms with Crippen LogP contribution in [0.2, 0.25) is 0 Å². The third-order valence-corrected chi connectivity index (χ3v) is 7.72. The van der Waals surface area contributed by atoms with E-state index >= 15 is 0 Å². The molecule has 1 N–H and O–H groups in total. The van der Waals surface area contributed by atoms with Gasteiger partial charge in [0.05, 0.1) is 30.5 Å². The molecule has 0 saturated carbocycles. The number of aromatic nitrogens is 1. The van der Waals surface area contributed by atoms with Crippen molar-refractivity contribution in [2.75, 3.05) is 39.5 Å². The quantitative estimate of drug-likeness (QED) is 0.408. The minimum Gasteiger partial charge on any atom is -0.394 e. The molecule has 4 rings (SSSR count). The molecule has 1 aliphatic heterocycles. The second-order valence-electron chi connectivity index (χ2n) is 10.5. The topological polar surface area (TPSA) is 45.6 Å². The molecule has 182 valence electrons. The van der Waals surface area contributed by atoms with E-state index < -0.39 is 0 Å². The molecule has 0 bridgehead atoms. The summed E-state index contributed by atoms with van der Waals surface area (Å²) in [5, 5.41) is 11.8. The van der Waals surface area contributed by atoms with Gasteiger partial charge in [0.25, 0.3) is 0 Å². The smallest absolute Gasteiger partial charge is 0.0901 e. The number of hydrogen-bond donors (Lipinski definition) is 1. The fourth-order valence-electron chi connectivity index (χ4n) is 4.69. The van der Waals surface area contributed by atoms with E-state index in [-0.39, 0.29) is 12.0 Å². The fourth-order valence-corrected chi connectivity index (χ4v) is 5.31. The highest BCUT2D eigenvalue weighted by atomic mass is 32.1. The van der Waals surface area contributed by atoms with E-state index in [0.29, 0.717) is 12.0 Å². The second-order valence-corrected chi connectivity index (χ2v) is 11.6. The van der Waals surface area contributed by atoms with Crippen molar-refractivity contribution in [2.45, 2.75) is 71.1 Å². The van der Waals surface area contributed by atoms with Crippen LogP contribution in [0.1, 0.15) is 69.5 Å². The first-order valence-corrected chi connectivity index (χ1v) is 13.2. The molecule has 1 aromatic heterocycles. The summed E-state index contributed by atoms with van der Waals surface area (Å²) in [6.07, 6.45) is 9.32. The lowest BCUT2D eigenvalue weighted by Gasteiger charge is -2.42. The zero-order chi connectivity index (χ0) is 23.9. The Kier molecular flexibility index (Phi) is 9.28. The molecule has 2 heterocycles. The van der Waals surface area contributed by atoms with Gasteiger partial charge in [-0.1, -0.05) is 52.0 Å². The molecule has 5 heteroatoms. The van der Waals surface area contributed by atoms with Crippen LogP contribution >= 0.6 is 11.3 Å². The van der Waals surface area contributed by atoms with Crippen LogP contribution in [0.4, 0.5) is 0 Å². The largest absolute Gasteiger partial charge is 0.394 e. The van der Waals surface area contributed by atoms with Gasteiger partial charge < -0.3 is 14.7 Å². The van der Waals surface area contributed by atoms with Crippen LogP contribution in [0.15, 0.2) is 35.7 Å². The Balaban J connectivity index is 0.000000205. The summed E-state index contributed by atoms with van der Waals surface area (Å²) in [6, 6.07) is 6.96. The molecule has 0 unspecified atom stereocenters. The van der Waals surface area contributed by atoms with Gasteiger partial charge in [-0.3, -0.25) is 0 Å². The number of fused-ring (bicyclic) bond motifs is 1. The molecule has 0 spiro atoms. The first kappa shape index (κ1) is 26.1. The highest BCUT2D eigenvalue weighted by Crippen LogP contribution is 2.46. The maximum absolute atomic E-state index is 8.50. The van der Waals surface area contributed by atoms with Crippen LogP contribution in [-0.2, 0) is 15.6 Å². The predicted octanol–water partition coefficient (Wildman–Crippen LogP) is 6.11. The van der Waals surface area contributed by atoms with Crippen LogP contribution < -0.4 is 0 Å². The van der Waals surface area contributed by atoms with Gasteiger partial charge in [0, 0.05) is 30.6 Å². The van der Waals surface area contributed by atoms with Gasteiger partial charge in [-0.05, 0) is 60.6 Å². The summed E-state index contributed by atoms with van der Waals surface area (Å²) >= 11 is 1.73. The summed E-state index contributed by atoms with van der Waals surface area (Å²) in [4.78, 5) is 7.03. The SMILES string of the molecule is Cc1nc(-c2ccc3c(c2)C(C)(C)CCC3(C)C)cs1.OCCOCCN1CCC=CCC1. The summed E-state index contributed by atoms with van der Waals surface area (Å²) in [5.41, 5.74) is 5.97. The van der Waals surface area contributed by atoms with Crippen molar-refractivity contribution in [3.05, 3.63) is 51.9 Å². The Morgan fingerprint density at radius 1 is 1.00 bits per heavy atom. The Hall–Kier alpha value is -1.53. The number of aliphatic hydroxyl groups excluding tert-OH is 1. The Bertz CT molecular complexity index is 906. The molecule has 2 aliphatic rings. The molecule has 33 heavy (non-hydrogen) atoms.